The van der Waals surface area contributed by atoms with E-state index in [1.165, 1.54) is 44.5 Å². The molecule has 0 saturated carbocycles. The Hall–Kier alpha value is -0.860. The molecule has 1 aliphatic rings. The van der Waals surface area contributed by atoms with E-state index in [1.54, 1.807) is 0 Å². The summed E-state index contributed by atoms with van der Waals surface area (Å²) in [6, 6.07) is 11.8. The van der Waals surface area contributed by atoms with Crippen molar-refractivity contribution in [1.29, 1.82) is 0 Å². The Morgan fingerprint density at radius 1 is 1.25 bits per heavy atom. The zero-order chi connectivity index (χ0) is 14.4. The molecule has 1 aliphatic heterocycles. The van der Waals surface area contributed by atoms with E-state index in [0.29, 0.717) is 12.1 Å². The molecule has 20 heavy (non-hydrogen) atoms. The number of hydrogen-bond donors (Lipinski definition) is 1. The lowest BCUT2D eigenvalue weighted by Crippen LogP contribution is -2.45. The second-order valence-corrected chi connectivity index (χ2v) is 6.29. The molecule has 1 N–H and O–H groups in total. The first-order chi connectivity index (χ1) is 9.70. The lowest BCUT2D eigenvalue weighted by molar-refractivity contribution is 0.147. The van der Waals surface area contributed by atoms with Gasteiger partial charge in [0.2, 0.25) is 0 Å². The number of nitrogens with one attached hydrogen (secondary N) is 1. The minimum Gasteiger partial charge on any atom is -0.307 e. The van der Waals surface area contributed by atoms with Gasteiger partial charge in [-0.1, -0.05) is 37.3 Å². The van der Waals surface area contributed by atoms with E-state index >= 15 is 0 Å². The minimum atomic E-state index is 0.438. The predicted molar refractivity (Wildman–Crippen MR) is 86.9 cm³/mol. The van der Waals surface area contributed by atoms with Crippen LogP contribution in [0.4, 0.5) is 0 Å². The molecule has 0 radical (unpaired) electrons. The van der Waals surface area contributed by atoms with Gasteiger partial charge in [0.05, 0.1) is 0 Å². The van der Waals surface area contributed by atoms with Crippen LogP contribution in [0.5, 0.6) is 0 Å². The Bertz CT molecular complexity index is 374. The van der Waals surface area contributed by atoms with Crippen LogP contribution in [-0.2, 0) is 0 Å². The third kappa shape index (κ3) is 4.32. The summed E-state index contributed by atoms with van der Waals surface area (Å²) in [5, 5.41) is 3.80. The van der Waals surface area contributed by atoms with Gasteiger partial charge in [-0.15, -0.1) is 0 Å². The summed E-state index contributed by atoms with van der Waals surface area (Å²) in [6.07, 6.45) is 4.00. The summed E-state index contributed by atoms with van der Waals surface area (Å²) in [4.78, 5) is 2.64. The standard InChI is InChI=1S/C18H30N2/c1-4-12-20-13-8-11-18(14-20)16(3)19-15(2)17-9-6-5-7-10-17/h5-7,9-10,15-16,18-19H,4,8,11-14H2,1-3H3/t15-,16?,18?/m0/s1. The molecular weight excluding hydrogens is 244 g/mol. The van der Waals surface area contributed by atoms with Crippen LogP contribution >= 0.6 is 0 Å². The molecule has 0 amide bonds. The van der Waals surface area contributed by atoms with Crippen LogP contribution in [0.15, 0.2) is 30.3 Å². The maximum Gasteiger partial charge on any atom is 0.0294 e. The molecule has 0 bridgehead atoms. The molecule has 112 valence electrons. The smallest absolute Gasteiger partial charge is 0.0294 e. The summed E-state index contributed by atoms with van der Waals surface area (Å²) in [7, 11) is 0. The van der Waals surface area contributed by atoms with Crippen LogP contribution in [0.25, 0.3) is 0 Å². The summed E-state index contributed by atoms with van der Waals surface area (Å²) in [5.41, 5.74) is 1.39. The highest BCUT2D eigenvalue weighted by Gasteiger charge is 2.25. The van der Waals surface area contributed by atoms with Crippen LogP contribution in [0, 0.1) is 5.92 Å². The van der Waals surface area contributed by atoms with Crippen molar-refractivity contribution in [1.82, 2.24) is 10.2 Å². The van der Waals surface area contributed by atoms with Crippen molar-refractivity contribution in [3.05, 3.63) is 35.9 Å². The van der Waals surface area contributed by atoms with Gasteiger partial charge in [-0.2, -0.15) is 0 Å². The molecule has 0 aliphatic carbocycles. The molecule has 2 heteroatoms. The highest BCUT2D eigenvalue weighted by atomic mass is 15.1. The first kappa shape index (κ1) is 15.5. The molecule has 0 spiro atoms. The van der Waals surface area contributed by atoms with Crippen molar-refractivity contribution in [3.8, 4) is 0 Å². The molecule has 1 saturated heterocycles. The average molecular weight is 274 g/mol. The Morgan fingerprint density at radius 2 is 2.00 bits per heavy atom. The van der Waals surface area contributed by atoms with Crippen LogP contribution in [0.3, 0.4) is 0 Å². The highest BCUT2D eigenvalue weighted by Crippen LogP contribution is 2.22. The topological polar surface area (TPSA) is 15.3 Å². The number of nitrogens with zero attached hydrogens (tertiary/aromatic N) is 1. The Kier molecular flexibility index (Phi) is 6.06. The second kappa shape index (κ2) is 7.80. The molecule has 2 rings (SSSR count). The van der Waals surface area contributed by atoms with Crippen LogP contribution in [0.2, 0.25) is 0 Å². The third-order valence-electron chi connectivity index (χ3n) is 4.60. The van der Waals surface area contributed by atoms with Gasteiger partial charge in [0, 0.05) is 18.6 Å². The van der Waals surface area contributed by atoms with E-state index in [0.717, 1.165) is 5.92 Å². The van der Waals surface area contributed by atoms with Crippen molar-refractivity contribution in [2.24, 2.45) is 5.92 Å². The lowest BCUT2D eigenvalue weighted by atomic mass is 9.90. The van der Waals surface area contributed by atoms with Gasteiger partial charge in [-0.05, 0) is 57.7 Å². The molecule has 1 heterocycles. The summed E-state index contributed by atoms with van der Waals surface area (Å²) < 4.78 is 0. The number of piperidine rings is 1. The number of rotatable bonds is 6. The molecule has 3 atom stereocenters. The van der Waals surface area contributed by atoms with Crippen molar-refractivity contribution in [2.45, 2.75) is 52.1 Å². The zero-order valence-corrected chi connectivity index (χ0v) is 13.3. The molecule has 1 fully saturated rings. The Morgan fingerprint density at radius 3 is 2.70 bits per heavy atom. The summed E-state index contributed by atoms with van der Waals surface area (Å²) >= 11 is 0. The quantitative estimate of drug-likeness (QED) is 0.847. The first-order valence-electron chi connectivity index (χ1n) is 8.24. The Labute approximate surface area is 124 Å². The van der Waals surface area contributed by atoms with Gasteiger partial charge < -0.3 is 10.2 Å². The van der Waals surface area contributed by atoms with E-state index in [-0.39, 0.29) is 0 Å². The van der Waals surface area contributed by atoms with E-state index in [2.05, 4.69) is 61.3 Å². The van der Waals surface area contributed by atoms with E-state index in [4.69, 9.17) is 0 Å². The fraction of sp³-hybridized carbons (Fsp3) is 0.667. The summed E-state index contributed by atoms with van der Waals surface area (Å²) in [5.74, 6) is 0.793. The summed E-state index contributed by atoms with van der Waals surface area (Å²) in [6.45, 7) is 10.7. The fourth-order valence-electron chi connectivity index (χ4n) is 3.39. The van der Waals surface area contributed by atoms with Crippen LogP contribution in [-0.4, -0.2) is 30.6 Å². The maximum absolute atomic E-state index is 3.80. The van der Waals surface area contributed by atoms with Gasteiger partial charge in [0.1, 0.15) is 0 Å². The molecule has 0 aromatic heterocycles. The lowest BCUT2D eigenvalue weighted by Gasteiger charge is -2.37. The maximum atomic E-state index is 3.80. The van der Waals surface area contributed by atoms with Crippen LogP contribution in [0.1, 0.15) is 51.6 Å². The van der Waals surface area contributed by atoms with E-state index < -0.39 is 0 Å². The normalized spacial score (nSPS) is 23.4. The number of benzene rings is 1. The largest absolute Gasteiger partial charge is 0.307 e. The highest BCUT2D eigenvalue weighted by molar-refractivity contribution is 5.18. The number of likely N-dealkylation sites (tertiary alicyclic amines) is 1. The van der Waals surface area contributed by atoms with Gasteiger partial charge in [-0.25, -0.2) is 0 Å². The number of hydrogen-bond acceptors (Lipinski definition) is 2. The predicted octanol–water partition coefficient (Wildman–Crippen LogP) is 3.85. The van der Waals surface area contributed by atoms with Crippen LogP contribution < -0.4 is 5.32 Å². The average Bonchev–Trinajstić information content (AvgIpc) is 2.48. The zero-order valence-electron chi connectivity index (χ0n) is 13.3. The SMILES string of the molecule is CCCN1CCCC(C(C)N[C@@H](C)c2ccccc2)C1. The molecule has 2 unspecified atom stereocenters. The molecular formula is C18H30N2. The third-order valence-corrected chi connectivity index (χ3v) is 4.60. The van der Waals surface area contributed by atoms with E-state index in [9.17, 15) is 0 Å². The molecule has 1 aromatic rings. The van der Waals surface area contributed by atoms with Gasteiger partial charge in [0.25, 0.3) is 0 Å². The second-order valence-electron chi connectivity index (χ2n) is 6.29. The Balaban J connectivity index is 1.86. The molecule has 1 aromatic carbocycles. The van der Waals surface area contributed by atoms with Crippen molar-refractivity contribution < 1.29 is 0 Å². The minimum absolute atomic E-state index is 0.438. The first-order valence-corrected chi connectivity index (χ1v) is 8.24. The van der Waals surface area contributed by atoms with E-state index in [1.807, 2.05) is 0 Å². The van der Waals surface area contributed by atoms with Gasteiger partial charge >= 0.3 is 0 Å². The van der Waals surface area contributed by atoms with Gasteiger partial charge in [-0.3, -0.25) is 0 Å². The van der Waals surface area contributed by atoms with Crippen molar-refractivity contribution in [3.63, 3.8) is 0 Å². The van der Waals surface area contributed by atoms with Crippen molar-refractivity contribution in [2.75, 3.05) is 19.6 Å². The van der Waals surface area contributed by atoms with Gasteiger partial charge in [0.15, 0.2) is 0 Å². The van der Waals surface area contributed by atoms with Crippen molar-refractivity contribution >= 4 is 0 Å². The monoisotopic (exact) mass is 274 g/mol. The molecule has 2 nitrogen and oxygen atoms in total. The fourth-order valence-corrected chi connectivity index (χ4v) is 3.39.